The Morgan fingerprint density at radius 2 is 0.800 bits per heavy atom. The molecule has 0 saturated heterocycles. The van der Waals surface area contributed by atoms with E-state index in [1.807, 2.05) is 0 Å². The highest BCUT2D eigenvalue weighted by molar-refractivity contribution is 4.63. The van der Waals surface area contributed by atoms with Crippen molar-refractivity contribution in [3.8, 4) is 0 Å². The van der Waals surface area contributed by atoms with Crippen LogP contribution in [-0.2, 0) is 0 Å². The monoisotopic (exact) mass is 350 g/mol. The zero-order valence-corrected chi connectivity index (χ0v) is 17.8. The molecule has 0 aromatic rings. The van der Waals surface area contributed by atoms with Gasteiger partial charge < -0.3 is 0 Å². The van der Waals surface area contributed by atoms with E-state index in [0.29, 0.717) is 0 Å². The Bertz CT molecular complexity index is 234. The lowest BCUT2D eigenvalue weighted by Crippen LogP contribution is -2.02. The van der Waals surface area contributed by atoms with Gasteiger partial charge in [-0.3, -0.25) is 0 Å². The fourth-order valence-electron chi connectivity index (χ4n) is 4.63. The molecule has 0 N–H and O–H groups in total. The molecule has 150 valence electrons. The SMILES string of the molecule is CCCCCCCCCCCCCCCC1CCCCCCCCC1. The Labute approximate surface area is 160 Å². The molecule has 1 aliphatic carbocycles. The topological polar surface area (TPSA) is 0 Å². The van der Waals surface area contributed by atoms with Crippen LogP contribution in [0, 0.1) is 5.92 Å². The standard InChI is InChI=1S/C25H50/c1-2-3-4-5-6-7-8-9-10-11-13-16-19-22-25-23-20-17-14-12-15-18-21-24-25/h25H,2-24H2,1H3. The van der Waals surface area contributed by atoms with Gasteiger partial charge in [0.25, 0.3) is 0 Å². The highest BCUT2D eigenvalue weighted by Gasteiger charge is 2.09. The molecule has 25 heavy (non-hydrogen) atoms. The molecule has 1 rings (SSSR count). The third-order valence-corrected chi connectivity index (χ3v) is 6.44. The van der Waals surface area contributed by atoms with E-state index in [-0.39, 0.29) is 0 Å². The van der Waals surface area contributed by atoms with E-state index in [0.717, 1.165) is 5.92 Å². The van der Waals surface area contributed by atoms with Crippen LogP contribution >= 0.6 is 0 Å². The normalized spacial score (nSPS) is 17.6. The van der Waals surface area contributed by atoms with Crippen molar-refractivity contribution >= 4 is 0 Å². The molecule has 0 bridgehead atoms. The predicted molar refractivity (Wildman–Crippen MR) is 115 cm³/mol. The molecule has 0 atom stereocenters. The van der Waals surface area contributed by atoms with Gasteiger partial charge in [-0.05, 0) is 5.92 Å². The summed E-state index contributed by atoms with van der Waals surface area (Å²) in [5, 5.41) is 0. The van der Waals surface area contributed by atoms with Crippen LogP contribution in [0.25, 0.3) is 0 Å². The summed E-state index contributed by atoms with van der Waals surface area (Å²) in [6, 6.07) is 0. The molecule has 1 saturated carbocycles. The second-order valence-corrected chi connectivity index (χ2v) is 8.95. The maximum atomic E-state index is 2.31. The Hall–Kier alpha value is 0. The Morgan fingerprint density at radius 3 is 1.24 bits per heavy atom. The van der Waals surface area contributed by atoms with Crippen LogP contribution < -0.4 is 0 Å². The first-order chi connectivity index (χ1) is 12.4. The molecule has 0 heteroatoms. The van der Waals surface area contributed by atoms with Crippen LogP contribution in [0.2, 0.25) is 0 Å². The molecular formula is C25H50. The summed E-state index contributed by atoms with van der Waals surface area (Å²) in [7, 11) is 0. The van der Waals surface area contributed by atoms with Crippen molar-refractivity contribution in [1.29, 1.82) is 0 Å². The van der Waals surface area contributed by atoms with Crippen LogP contribution in [0.15, 0.2) is 0 Å². The number of unbranched alkanes of at least 4 members (excludes halogenated alkanes) is 12. The molecule has 0 unspecified atom stereocenters. The van der Waals surface area contributed by atoms with Gasteiger partial charge >= 0.3 is 0 Å². The van der Waals surface area contributed by atoms with Gasteiger partial charge in [0, 0.05) is 0 Å². The van der Waals surface area contributed by atoms with Crippen molar-refractivity contribution < 1.29 is 0 Å². The summed E-state index contributed by atoms with van der Waals surface area (Å²) in [6.07, 6.45) is 34.5. The molecule has 1 aliphatic rings. The molecule has 0 amide bonds. The van der Waals surface area contributed by atoms with E-state index in [2.05, 4.69) is 6.92 Å². The highest BCUT2D eigenvalue weighted by Crippen LogP contribution is 2.26. The third-order valence-electron chi connectivity index (χ3n) is 6.44. The van der Waals surface area contributed by atoms with Crippen LogP contribution in [0.1, 0.15) is 155 Å². The van der Waals surface area contributed by atoms with Gasteiger partial charge in [-0.1, -0.05) is 155 Å². The van der Waals surface area contributed by atoms with Gasteiger partial charge in [0.1, 0.15) is 0 Å². The van der Waals surface area contributed by atoms with E-state index >= 15 is 0 Å². The first-order valence-electron chi connectivity index (χ1n) is 12.4. The minimum absolute atomic E-state index is 1.07. The van der Waals surface area contributed by atoms with Crippen LogP contribution in [0.5, 0.6) is 0 Å². The average Bonchev–Trinajstić information content (AvgIpc) is 2.64. The van der Waals surface area contributed by atoms with E-state index in [9.17, 15) is 0 Å². The lowest BCUT2D eigenvalue weighted by molar-refractivity contribution is 0.356. The van der Waals surface area contributed by atoms with Gasteiger partial charge in [0.15, 0.2) is 0 Å². The van der Waals surface area contributed by atoms with Gasteiger partial charge in [-0.15, -0.1) is 0 Å². The second kappa shape index (κ2) is 18.8. The number of hydrogen-bond donors (Lipinski definition) is 0. The summed E-state index contributed by atoms with van der Waals surface area (Å²) in [5.74, 6) is 1.07. The van der Waals surface area contributed by atoms with Gasteiger partial charge in [-0.2, -0.15) is 0 Å². The summed E-state index contributed by atoms with van der Waals surface area (Å²) in [5.41, 5.74) is 0. The number of rotatable bonds is 14. The fraction of sp³-hybridized carbons (Fsp3) is 1.00. The fourth-order valence-corrected chi connectivity index (χ4v) is 4.63. The van der Waals surface area contributed by atoms with Crippen molar-refractivity contribution in [2.24, 2.45) is 5.92 Å². The molecule has 0 nitrogen and oxygen atoms in total. The second-order valence-electron chi connectivity index (χ2n) is 8.95. The first kappa shape index (κ1) is 23.0. The molecule has 0 aromatic carbocycles. The smallest absolute Gasteiger partial charge is 0.0414 e. The summed E-state index contributed by atoms with van der Waals surface area (Å²) < 4.78 is 0. The van der Waals surface area contributed by atoms with Gasteiger partial charge in [0.05, 0.1) is 0 Å². The number of hydrogen-bond acceptors (Lipinski definition) is 0. The van der Waals surface area contributed by atoms with Gasteiger partial charge in [-0.25, -0.2) is 0 Å². The molecule has 0 radical (unpaired) electrons. The Kier molecular flexibility index (Phi) is 17.3. The zero-order valence-electron chi connectivity index (χ0n) is 17.8. The van der Waals surface area contributed by atoms with E-state index < -0.39 is 0 Å². The van der Waals surface area contributed by atoms with Gasteiger partial charge in [0.2, 0.25) is 0 Å². The van der Waals surface area contributed by atoms with Crippen molar-refractivity contribution in [3.63, 3.8) is 0 Å². The summed E-state index contributed by atoms with van der Waals surface area (Å²) in [4.78, 5) is 0. The predicted octanol–water partition coefficient (Wildman–Crippen LogP) is 9.61. The van der Waals surface area contributed by atoms with Crippen molar-refractivity contribution in [2.45, 2.75) is 155 Å². The van der Waals surface area contributed by atoms with E-state index in [4.69, 9.17) is 0 Å². The molecule has 0 spiro atoms. The van der Waals surface area contributed by atoms with Crippen LogP contribution in [0.3, 0.4) is 0 Å². The molecule has 0 aliphatic heterocycles. The highest BCUT2D eigenvalue weighted by atomic mass is 14.2. The van der Waals surface area contributed by atoms with Crippen molar-refractivity contribution in [3.05, 3.63) is 0 Å². The quantitative estimate of drug-likeness (QED) is 0.273. The lowest BCUT2D eigenvalue weighted by atomic mass is 9.88. The lowest BCUT2D eigenvalue weighted by Gasteiger charge is -2.18. The Balaban J connectivity index is 1.82. The molecule has 0 aromatic heterocycles. The Morgan fingerprint density at radius 1 is 0.440 bits per heavy atom. The summed E-state index contributed by atoms with van der Waals surface area (Å²) in [6.45, 7) is 2.31. The van der Waals surface area contributed by atoms with E-state index in [1.54, 1.807) is 0 Å². The average molecular weight is 351 g/mol. The molecule has 1 fully saturated rings. The van der Waals surface area contributed by atoms with Crippen LogP contribution in [-0.4, -0.2) is 0 Å². The minimum atomic E-state index is 1.07. The molecule has 0 heterocycles. The zero-order chi connectivity index (χ0) is 17.8. The van der Waals surface area contributed by atoms with Crippen molar-refractivity contribution in [1.82, 2.24) is 0 Å². The third kappa shape index (κ3) is 15.9. The van der Waals surface area contributed by atoms with E-state index in [1.165, 1.54) is 148 Å². The summed E-state index contributed by atoms with van der Waals surface area (Å²) >= 11 is 0. The largest absolute Gasteiger partial charge is 0.0654 e. The van der Waals surface area contributed by atoms with Crippen LogP contribution in [0.4, 0.5) is 0 Å². The van der Waals surface area contributed by atoms with Crippen molar-refractivity contribution in [2.75, 3.05) is 0 Å². The molecular weight excluding hydrogens is 300 g/mol. The first-order valence-corrected chi connectivity index (χ1v) is 12.4. The maximum Gasteiger partial charge on any atom is -0.0414 e. The maximum absolute atomic E-state index is 2.31. The minimum Gasteiger partial charge on any atom is -0.0654 e.